The Labute approximate surface area is 319 Å². The number of carbonyl (C=O) groups is 3. The minimum atomic E-state index is -1.31. The lowest BCUT2D eigenvalue weighted by atomic mass is 9.79. The number of aliphatic hydroxyl groups excluding tert-OH is 4. The number of cyclic esters (lactones) is 1. The quantitative estimate of drug-likeness (QED) is 0.174. The lowest BCUT2D eigenvalue weighted by molar-refractivity contribution is -0.304. The largest absolute Gasteiger partial charge is 0.462 e. The van der Waals surface area contributed by atoms with Crippen LogP contribution in [0.4, 0.5) is 0 Å². The molecule has 15 heteroatoms. The first-order chi connectivity index (χ1) is 25.5. The topological polar surface area (TPSA) is 200 Å². The molecule has 0 radical (unpaired) electrons. The number of likely N-dealkylation sites (N-methyl/N-ethyl adjacent to an activating group) is 1. The van der Waals surface area contributed by atoms with Crippen molar-refractivity contribution in [3.05, 3.63) is 23.8 Å². The zero-order valence-electron chi connectivity index (χ0n) is 33.5. The molecule has 17 atom stereocenters. The number of carbonyl (C=O) groups excluding carboxylic acids is 3. The summed E-state index contributed by atoms with van der Waals surface area (Å²) in [4.78, 5) is 40.8. The van der Waals surface area contributed by atoms with Crippen molar-refractivity contribution in [2.45, 2.75) is 147 Å². The number of allylic oxidation sites excluding steroid dienone is 3. The monoisotopic (exact) mass is 771 g/mol. The smallest absolute Gasteiger partial charge is 0.308 e. The minimum absolute atomic E-state index is 0.0120. The molecule has 0 aromatic carbocycles. The normalized spacial score (nSPS) is 43.6. The van der Waals surface area contributed by atoms with Crippen molar-refractivity contribution in [1.29, 1.82) is 0 Å². The van der Waals surface area contributed by atoms with E-state index in [-0.39, 0.29) is 25.2 Å². The van der Waals surface area contributed by atoms with E-state index in [0.717, 1.165) is 6.29 Å². The van der Waals surface area contributed by atoms with Gasteiger partial charge in [0.15, 0.2) is 18.4 Å². The molecule has 4 N–H and O–H groups in total. The summed E-state index contributed by atoms with van der Waals surface area (Å²) >= 11 is 0. The number of ketones is 1. The van der Waals surface area contributed by atoms with Gasteiger partial charge in [-0.25, -0.2) is 0 Å². The molecule has 54 heavy (non-hydrogen) atoms. The molecule has 0 saturated carbocycles. The number of aliphatic hydroxyl groups is 4. The van der Waals surface area contributed by atoms with Gasteiger partial charge in [-0.3, -0.25) is 9.59 Å². The molecule has 2 fully saturated rings. The van der Waals surface area contributed by atoms with Gasteiger partial charge in [0.05, 0.1) is 49.6 Å². The van der Waals surface area contributed by atoms with Crippen LogP contribution < -0.4 is 0 Å². The van der Waals surface area contributed by atoms with Crippen LogP contribution in [0.5, 0.6) is 0 Å². The molecule has 3 rings (SSSR count). The molecule has 0 spiro atoms. The highest BCUT2D eigenvalue weighted by molar-refractivity contribution is 5.91. The number of ether oxygens (including phenoxy) is 7. The lowest BCUT2D eigenvalue weighted by Gasteiger charge is -2.46. The molecule has 2 saturated heterocycles. The van der Waals surface area contributed by atoms with Crippen LogP contribution in [-0.2, 0) is 47.5 Å². The van der Waals surface area contributed by atoms with Crippen molar-refractivity contribution >= 4 is 18.0 Å². The fourth-order valence-electron chi connectivity index (χ4n) is 7.76. The maximum absolute atomic E-state index is 13.6. The Morgan fingerprint density at radius 1 is 0.889 bits per heavy atom. The number of hydrogen-bond donors (Lipinski definition) is 4. The van der Waals surface area contributed by atoms with Crippen LogP contribution in [0.25, 0.3) is 0 Å². The van der Waals surface area contributed by atoms with E-state index >= 15 is 0 Å². The van der Waals surface area contributed by atoms with Crippen LogP contribution in [0.2, 0.25) is 0 Å². The van der Waals surface area contributed by atoms with E-state index in [2.05, 4.69) is 0 Å². The van der Waals surface area contributed by atoms with Crippen LogP contribution in [0.15, 0.2) is 23.8 Å². The summed E-state index contributed by atoms with van der Waals surface area (Å²) in [5.41, 5.74) is 0.701. The van der Waals surface area contributed by atoms with E-state index in [4.69, 9.17) is 33.2 Å². The summed E-state index contributed by atoms with van der Waals surface area (Å²) in [6.45, 7) is 10.5. The number of nitrogens with zero attached hydrogens (tertiary/aromatic N) is 1. The molecule has 0 aliphatic carbocycles. The first kappa shape index (κ1) is 46.2. The van der Waals surface area contributed by atoms with Crippen LogP contribution in [-0.4, -0.2) is 158 Å². The van der Waals surface area contributed by atoms with E-state index in [9.17, 15) is 34.8 Å². The second-order valence-electron chi connectivity index (χ2n) is 15.4. The Kier molecular flexibility index (Phi) is 18.3. The highest BCUT2D eigenvalue weighted by atomic mass is 16.7. The Bertz CT molecular complexity index is 1260. The Balaban J connectivity index is 1.96. The Hall–Kier alpha value is -2.15. The third kappa shape index (κ3) is 11.7. The average molecular weight is 772 g/mol. The van der Waals surface area contributed by atoms with Gasteiger partial charge in [-0.05, 0) is 59.7 Å². The summed E-state index contributed by atoms with van der Waals surface area (Å²) in [7, 11) is 6.36. The Morgan fingerprint density at radius 2 is 1.52 bits per heavy atom. The molecular formula is C39H65NO14. The first-order valence-electron chi connectivity index (χ1n) is 19.0. The fourth-order valence-corrected chi connectivity index (χ4v) is 7.76. The van der Waals surface area contributed by atoms with Gasteiger partial charge >= 0.3 is 5.97 Å². The van der Waals surface area contributed by atoms with Gasteiger partial charge in [-0.15, -0.1) is 0 Å². The van der Waals surface area contributed by atoms with Gasteiger partial charge in [0, 0.05) is 38.4 Å². The molecule has 0 aromatic heterocycles. The second kappa shape index (κ2) is 21.4. The van der Waals surface area contributed by atoms with Crippen molar-refractivity contribution in [2.75, 3.05) is 34.9 Å². The molecule has 0 bridgehead atoms. The molecule has 1 unspecified atom stereocenters. The van der Waals surface area contributed by atoms with E-state index in [0.29, 0.717) is 12.0 Å². The maximum Gasteiger partial charge on any atom is 0.308 e. The third-order valence-electron chi connectivity index (χ3n) is 11.1. The highest BCUT2D eigenvalue weighted by Crippen LogP contribution is 2.35. The van der Waals surface area contributed by atoms with Crippen LogP contribution >= 0.6 is 0 Å². The number of methoxy groups -OCH3 is 2. The number of hydrogen-bond acceptors (Lipinski definition) is 15. The second-order valence-corrected chi connectivity index (χ2v) is 15.4. The zero-order valence-corrected chi connectivity index (χ0v) is 33.5. The fraction of sp³-hybridized carbons (Fsp3) is 0.821. The molecule has 15 nitrogen and oxygen atoms in total. The third-order valence-corrected chi connectivity index (χ3v) is 11.1. The molecule has 3 aliphatic heterocycles. The zero-order chi connectivity index (χ0) is 40.4. The summed E-state index contributed by atoms with van der Waals surface area (Å²) in [6.07, 6.45) is -5.36. The van der Waals surface area contributed by atoms with Gasteiger partial charge in [0.25, 0.3) is 0 Å². The van der Waals surface area contributed by atoms with Crippen molar-refractivity contribution in [3.63, 3.8) is 0 Å². The van der Waals surface area contributed by atoms with Gasteiger partial charge in [-0.1, -0.05) is 38.5 Å². The van der Waals surface area contributed by atoms with E-state index in [1.54, 1.807) is 52.8 Å². The predicted octanol–water partition coefficient (Wildman–Crippen LogP) is 1.56. The van der Waals surface area contributed by atoms with Crippen molar-refractivity contribution in [2.24, 2.45) is 23.7 Å². The number of rotatable bonds is 11. The highest BCUT2D eigenvalue weighted by Gasteiger charge is 2.48. The average Bonchev–Trinajstić information content (AvgIpc) is 3.12. The van der Waals surface area contributed by atoms with Crippen LogP contribution in [0, 0.1) is 23.7 Å². The number of aldehydes is 1. The maximum atomic E-state index is 13.6. The van der Waals surface area contributed by atoms with E-state index < -0.39 is 116 Å². The first-order valence-corrected chi connectivity index (χ1v) is 19.0. The summed E-state index contributed by atoms with van der Waals surface area (Å²) in [5.74, 6) is -3.37. The molecule has 0 amide bonds. The van der Waals surface area contributed by atoms with E-state index in [1.165, 1.54) is 20.3 Å². The van der Waals surface area contributed by atoms with Gasteiger partial charge in [0.1, 0.15) is 36.8 Å². The minimum Gasteiger partial charge on any atom is -0.462 e. The van der Waals surface area contributed by atoms with Crippen LogP contribution in [0.1, 0.15) is 67.2 Å². The predicted molar refractivity (Wildman–Crippen MR) is 196 cm³/mol. The van der Waals surface area contributed by atoms with Gasteiger partial charge < -0.3 is 63.3 Å². The van der Waals surface area contributed by atoms with Crippen molar-refractivity contribution < 1.29 is 68.0 Å². The summed E-state index contributed by atoms with van der Waals surface area (Å²) < 4.78 is 41.6. The molecule has 3 aliphatic rings. The summed E-state index contributed by atoms with van der Waals surface area (Å²) in [5, 5.41) is 44.2. The van der Waals surface area contributed by atoms with Crippen molar-refractivity contribution in [1.82, 2.24) is 4.90 Å². The lowest BCUT2D eigenvalue weighted by Crippen LogP contribution is -2.63. The number of esters is 1. The van der Waals surface area contributed by atoms with E-state index in [1.807, 2.05) is 19.9 Å². The van der Waals surface area contributed by atoms with Gasteiger partial charge in [-0.2, -0.15) is 0 Å². The van der Waals surface area contributed by atoms with Crippen LogP contribution in [0.3, 0.4) is 0 Å². The Morgan fingerprint density at radius 3 is 2.11 bits per heavy atom. The molecular weight excluding hydrogens is 706 g/mol. The molecule has 310 valence electrons. The van der Waals surface area contributed by atoms with Crippen molar-refractivity contribution in [3.8, 4) is 0 Å². The standard InChI is InChI=1S/C39H65NO14/c1-11-29-26(19-50-39-37(49-10)36(48-9)33(46)24(6)52-39)16-20(2)12-13-27(42)21(3)17-25(14-15-41)35(22(4)28(43)18-30(44)53-29)54-38-34(47)31(40(7)8)32(45)23(5)51-38/h12-13,15-16,21-26,28-29,31-39,43,45-47H,11,14,17-19H2,1-10H3/b13-12+,20-16+/t21-,22+,23-,24-,25+,26-,28-,29-,31+,32-,33-,34-,35-,36-,37-,38+,39?/m1/s1. The van der Waals surface area contributed by atoms with Gasteiger partial charge in [0.2, 0.25) is 0 Å². The SMILES string of the molecule is CC[C@H]1OC(=O)C[C@@H](O)[C@H](C)[C@@H](O[C@@H]2O[C@H](C)[C@@H](O)[C@H](N(C)C)[C@H]2O)[C@@H](CC=O)C[C@@H](C)C(=O)/C=C/C(C)=C/[C@@H]1COC1O[C@H](C)[C@@H](O)[C@@H](OC)[C@H]1OC. The molecule has 0 aromatic rings. The summed E-state index contributed by atoms with van der Waals surface area (Å²) in [6, 6.07) is -0.740. The molecule has 3 heterocycles.